The zero-order valence-electron chi connectivity index (χ0n) is 16.3. The summed E-state index contributed by atoms with van der Waals surface area (Å²) in [6, 6.07) is 25.1. The Balaban J connectivity index is 1.62. The van der Waals surface area contributed by atoms with Crippen LogP contribution < -0.4 is 4.74 Å². The van der Waals surface area contributed by atoms with Gasteiger partial charge in [0.15, 0.2) is 17.3 Å². The molecule has 0 aliphatic carbocycles. The largest absolute Gasteiger partial charge is 0.494 e. The first-order valence-corrected chi connectivity index (χ1v) is 9.36. The van der Waals surface area contributed by atoms with E-state index in [2.05, 4.69) is 5.10 Å². The molecule has 0 saturated carbocycles. The summed E-state index contributed by atoms with van der Waals surface area (Å²) in [6.45, 7) is -0.0691. The first kappa shape index (κ1) is 19.4. The minimum absolute atomic E-state index is 0.0691. The molecule has 0 N–H and O–H groups in total. The van der Waals surface area contributed by atoms with Crippen molar-refractivity contribution in [1.29, 1.82) is 0 Å². The van der Waals surface area contributed by atoms with Gasteiger partial charge in [-0.2, -0.15) is 5.10 Å². The van der Waals surface area contributed by atoms with Crippen molar-refractivity contribution in [2.24, 2.45) is 0 Å². The van der Waals surface area contributed by atoms with E-state index in [1.54, 1.807) is 16.8 Å². The predicted molar refractivity (Wildman–Crippen MR) is 111 cm³/mol. The van der Waals surface area contributed by atoms with Crippen LogP contribution in [0, 0.1) is 5.82 Å². The number of aromatic nitrogens is 2. The fraction of sp³-hybridized carbons (Fsp3) is 0.0833. The summed E-state index contributed by atoms with van der Waals surface area (Å²) in [5.74, 6) is -0.920. The Bertz CT molecular complexity index is 1160. The number of para-hydroxylation sites is 1. The van der Waals surface area contributed by atoms with Crippen molar-refractivity contribution >= 4 is 5.97 Å². The van der Waals surface area contributed by atoms with E-state index in [4.69, 9.17) is 9.47 Å². The molecule has 0 unspecified atom stereocenters. The molecule has 0 radical (unpaired) electrons. The molecule has 30 heavy (non-hydrogen) atoms. The minimum atomic E-state index is -0.551. The molecule has 0 bridgehead atoms. The quantitative estimate of drug-likeness (QED) is 0.424. The third-order valence-corrected chi connectivity index (χ3v) is 4.57. The topological polar surface area (TPSA) is 53.4 Å². The number of carbonyl (C=O) groups excluding carboxylic acids is 1. The molecule has 1 heterocycles. The lowest BCUT2D eigenvalue weighted by Gasteiger charge is -2.09. The van der Waals surface area contributed by atoms with Gasteiger partial charge in [-0.05, 0) is 35.9 Å². The molecule has 4 aromatic rings. The third kappa shape index (κ3) is 4.07. The Morgan fingerprint density at radius 1 is 0.967 bits per heavy atom. The zero-order valence-corrected chi connectivity index (χ0v) is 16.3. The van der Waals surface area contributed by atoms with Gasteiger partial charge >= 0.3 is 5.97 Å². The van der Waals surface area contributed by atoms with Gasteiger partial charge < -0.3 is 9.47 Å². The lowest BCUT2D eigenvalue weighted by Crippen LogP contribution is -2.12. The summed E-state index contributed by atoms with van der Waals surface area (Å²) in [5, 5.41) is 4.60. The van der Waals surface area contributed by atoms with Gasteiger partial charge in [0, 0.05) is 5.56 Å². The van der Waals surface area contributed by atoms with Crippen LogP contribution in [-0.4, -0.2) is 22.9 Å². The van der Waals surface area contributed by atoms with E-state index >= 15 is 0 Å². The lowest BCUT2D eigenvalue weighted by molar-refractivity contribution is 0.0461. The maximum atomic E-state index is 13.9. The van der Waals surface area contributed by atoms with Crippen molar-refractivity contribution in [1.82, 2.24) is 9.78 Å². The third-order valence-electron chi connectivity index (χ3n) is 4.57. The average Bonchev–Trinajstić information content (AvgIpc) is 3.24. The van der Waals surface area contributed by atoms with Crippen LogP contribution in [-0.2, 0) is 11.3 Å². The number of halogens is 1. The normalized spacial score (nSPS) is 10.6. The fourth-order valence-electron chi connectivity index (χ4n) is 3.06. The second kappa shape index (κ2) is 8.61. The summed E-state index contributed by atoms with van der Waals surface area (Å²) in [7, 11) is 1.40. The van der Waals surface area contributed by atoms with Crippen LogP contribution in [0.15, 0.2) is 84.9 Å². The van der Waals surface area contributed by atoms with Gasteiger partial charge in [0.25, 0.3) is 0 Å². The van der Waals surface area contributed by atoms with Gasteiger partial charge in [0.1, 0.15) is 6.61 Å². The van der Waals surface area contributed by atoms with Crippen molar-refractivity contribution in [2.45, 2.75) is 6.61 Å². The van der Waals surface area contributed by atoms with Gasteiger partial charge in [-0.1, -0.05) is 54.6 Å². The van der Waals surface area contributed by atoms with E-state index in [-0.39, 0.29) is 18.1 Å². The Morgan fingerprint density at radius 3 is 2.33 bits per heavy atom. The number of hydrogen-bond donors (Lipinski definition) is 0. The molecule has 0 saturated heterocycles. The summed E-state index contributed by atoms with van der Waals surface area (Å²) < 4.78 is 25.8. The van der Waals surface area contributed by atoms with Crippen molar-refractivity contribution in [3.05, 3.63) is 102 Å². The van der Waals surface area contributed by atoms with Gasteiger partial charge in [-0.15, -0.1) is 0 Å². The molecule has 4 rings (SSSR count). The number of rotatable bonds is 6. The van der Waals surface area contributed by atoms with E-state index in [1.807, 2.05) is 60.7 Å². The van der Waals surface area contributed by atoms with Crippen molar-refractivity contribution in [3.63, 3.8) is 0 Å². The Morgan fingerprint density at radius 2 is 1.67 bits per heavy atom. The molecule has 6 heteroatoms. The molecule has 150 valence electrons. The van der Waals surface area contributed by atoms with Crippen LogP contribution in [0.4, 0.5) is 4.39 Å². The summed E-state index contributed by atoms with van der Waals surface area (Å²) >= 11 is 0. The highest BCUT2D eigenvalue weighted by Crippen LogP contribution is 2.23. The first-order chi connectivity index (χ1) is 14.7. The van der Waals surface area contributed by atoms with E-state index in [0.29, 0.717) is 11.3 Å². The molecule has 1 aromatic heterocycles. The molecule has 0 aliphatic rings. The molecule has 0 spiro atoms. The molecule has 0 amide bonds. The van der Waals surface area contributed by atoms with E-state index in [1.165, 1.54) is 19.2 Å². The second-order valence-electron chi connectivity index (χ2n) is 6.57. The summed E-state index contributed by atoms with van der Waals surface area (Å²) in [6.07, 6.45) is 0. The number of methoxy groups -OCH3 is 1. The molecule has 3 aromatic carbocycles. The van der Waals surface area contributed by atoms with Gasteiger partial charge in [0.05, 0.1) is 18.5 Å². The van der Waals surface area contributed by atoms with Crippen LogP contribution >= 0.6 is 0 Å². The summed E-state index contributed by atoms with van der Waals surface area (Å²) in [4.78, 5) is 12.9. The van der Waals surface area contributed by atoms with Crippen LogP contribution in [0.2, 0.25) is 0 Å². The van der Waals surface area contributed by atoms with Crippen LogP contribution in [0.3, 0.4) is 0 Å². The minimum Gasteiger partial charge on any atom is -0.494 e. The SMILES string of the molecule is COc1ccc(COC(=O)c2cc(-c3ccccc3)nn2-c2ccccc2)cc1F. The number of nitrogens with zero attached hydrogens (tertiary/aromatic N) is 2. The molecule has 5 nitrogen and oxygen atoms in total. The van der Waals surface area contributed by atoms with Gasteiger partial charge in [0.2, 0.25) is 0 Å². The van der Waals surface area contributed by atoms with E-state index in [9.17, 15) is 9.18 Å². The molecule has 0 atom stereocenters. The van der Waals surface area contributed by atoms with Gasteiger partial charge in [-0.25, -0.2) is 13.9 Å². The number of hydrogen-bond acceptors (Lipinski definition) is 4. The summed E-state index contributed by atoms with van der Waals surface area (Å²) in [5.41, 5.74) is 3.09. The average molecular weight is 402 g/mol. The standard InChI is InChI=1S/C24H19FN2O3/c1-29-23-13-12-17(14-20(23)25)16-30-24(28)22-15-21(18-8-4-2-5-9-18)26-27(22)19-10-6-3-7-11-19/h2-15H,16H2,1H3. The lowest BCUT2D eigenvalue weighted by atomic mass is 10.1. The highest BCUT2D eigenvalue weighted by molar-refractivity contribution is 5.89. The number of ether oxygens (including phenoxy) is 2. The maximum absolute atomic E-state index is 13.9. The van der Waals surface area contributed by atoms with E-state index in [0.717, 1.165) is 11.3 Å². The Hall–Kier alpha value is -3.93. The fourth-order valence-corrected chi connectivity index (χ4v) is 3.06. The predicted octanol–water partition coefficient (Wildman–Crippen LogP) is 5.04. The van der Waals surface area contributed by atoms with Crippen LogP contribution in [0.25, 0.3) is 16.9 Å². The second-order valence-corrected chi connectivity index (χ2v) is 6.57. The first-order valence-electron chi connectivity index (χ1n) is 9.36. The van der Waals surface area contributed by atoms with Crippen LogP contribution in [0.5, 0.6) is 5.75 Å². The van der Waals surface area contributed by atoms with Crippen molar-refractivity contribution < 1.29 is 18.7 Å². The van der Waals surface area contributed by atoms with Crippen molar-refractivity contribution in [2.75, 3.05) is 7.11 Å². The zero-order chi connectivity index (χ0) is 20.9. The highest BCUT2D eigenvalue weighted by atomic mass is 19.1. The number of esters is 1. The number of carbonyl (C=O) groups is 1. The van der Waals surface area contributed by atoms with E-state index < -0.39 is 11.8 Å². The molecular weight excluding hydrogens is 383 g/mol. The van der Waals surface area contributed by atoms with Gasteiger partial charge in [-0.3, -0.25) is 0 Å². The molecule has 0 fully saturated rings. The Labute approximate surface area is 173 Å². The molecule has 0 aliphatic heterocycles. The number of benzene rings is 3. The smallest absolute Gasteiger partial charge is 0.357 e. The highest BCUT2D eigenvalue weighted by Gasteiger charge is 2.19. The maximum Gasteiger partial charge on any atom is 0.357 e. The molecular formula is C24H19FN2O3. The van der Waals surface area contributed by atoms with Crippen molar-refractivity contribution in [3.8, 4) is 22.7 Å². The monoisotopic (exact) mass is 402 g/mol. The Kier molecular flexibility index (Phi) is 5.57. The van der Waals surface area contributed by atoms with Crippen LogP contribution in [0.1, 0.15) is 16.1 Å².